The van der Waals surface area contributed by atoms with Crippen LogP contribution >= 0.6 is 0 Å². The second-order valence-electron chi connectivity index (χ2n) is 5.13. The Kier molecular flexibility index (Phi) is 3.08. The molecule has 0 saturated heterocycles. The summed E-state index contributed by atoms with van der Waals surface area (Å²) < 4.78 is 5.05. The first-order valence-electron chi connectivity index (χ1n) is 6.63. The second kappa shape index (κ2) is 4.80. The summed E-state index contributed by atoms with van der Waals surface area (Å²) in [5.74, 6) is -1.02. The van der Waals surface area contributed by atoms with Crippen LogP contribution in [0.2, 0.25) is 0 Å². The van der Waals surface area contributed by atoms with Gasteiger partial charge in [-0.25, -0.2) is 0 Å². The van der Waals surface area contributed by atoms with E-state index in [1.54, 1.807) is 6.07 Å². The largest absolute Gasteiger partial charge is 0.497 e. The van der Waals surface area contributed by atoms with E-state index in [0.717, 1.165) is 4.90 Å². The number of methoxy groups -OCH3 is 1. The average Bonchev–Trinajstić information content (AvgIpc) is 2.71. The third-order valence-corrected chi connectivity index (χ3v) is 3.88. The van der Waals surface area contributed by atoms with Crippen molar-refractivity contribution < 1.29 is 23.9 Å². The minimum absolute atomic E-state index is 0.144. The molecular formula is C15H13NO5. The molecule has 1 atom stereocenters. The number of benzene rings is 1. The van der Waals surface area contributed by atoms with E-state index < -0.39 is 17.9 Å². The lowest BCUT2D eigenvalue weighted by molar-refractivity contribution is -0.132. The van der Waals surface area contributed by atoms with Crippen LogP contribution in [0.3, 0.4) is 0 Å². The molecule has 108 valence electrons. The number of ketones is 2. The summed E-state index contributed by atoms with van der Waals surface area (Å²) in [4.78, 5) is 49.0. The van der Waals surface area contributed by atoms with Gasteiger partial charge in [0.15, 0.2) is 5.78 Å². The molecule has 3 rings (SSSR count). The monoisotopic (exact) mass is 287 g/mol. The van der Waals surface area contributed by atoms with E-state index in [-0.39, 0.29) is 42.0 Å². The van der Waals surface area contributed by atoms with Gasteiger partial charge in [-0.05, 0) is 24.6 Å². The first kappa shape index (κ1) is 13.5. The van der Waals surface area contributed by atoms with E-state index in [9.17, 15) is 19.2 Å². The van der Waals surface area contributed by atoms with Gasteiger partial charge >= 0.3 is 0 Å². The van der Waals surface area contributed by atoms with Crippen molar-refractivity contribution in [1.82, 2.24) is 4.90 Å². The number of rotatable bonds is 2. The van der Waals surface area contributed by atoms with Gasteiger partial charge in [0.05, 0.1) is 30.7 Å². The summed E-state index contributed by atoms with van der Waals surface area (Å²) in [6, 6.07) is 3.78. The Hall–Kier alpha value is -2.50. The number of fused-ring (bicyclic) bond motifs is 1. The molecule has 0 radical (unpaired) electrons. The molecule has 1 aliphatic carbocycles. The van der Waals surface area contributed by atoms with Crippen LogP contribution in [-0.4, -0.2) is 41.4 Å². The molecule has 1 aromatic rings. The van der Waals surface area contributed by atoms with Gasteiger partial charge in [-0.1, -0.05) is 0 Å². The lowest BCUT2D eigenvalue weighted by atomic mass is 9.92. The Morgan fingerprint density at radius 2 is 1.81 bits per heavy atom. The van der Waals surface area contributed by atoms with Crippen LogP contribution in [0.4, 0.5) is 0 Å². The zero-order valence-corrected chi connectivity index (χ0v) is 11.4. The molecule has 1 fully saturated rings. The first-order chi connectivity index (χ1) is 10.0. The number of amides is 2. The van der Waals surface area contributed by atoms with Gasteiger partial charge in [0, 0.05) is 6.42 Å². The van der Waals surface area contributed by atoms with Crippen molar-refractivity contribution in [1.29, 1.82) is 0 Å². The third-order valence-electron chi connectivity index (χ3n) is 3.88. The van der Waals surface area contributed by atoms with E-state index >= 15 is 0 Å². The van der Waals surface area contributed by atoms with Crippen molar-refractivity contribution in [2.24, 2.45) is 0 Å². The van der Waals surface area contributed by atoms with Crippen molar-refractivity contribution >= 4 is 23.4 Å². The molecule has 0 spiro atoms. The number of carbonyl (C=O) groups is 4. The second-order valence-corrected chi connectivity index (χ2v) is 5.13. The maximum absolute atomic E-state index is 12.4. The SMILES string of the molecule is COc1ccc2c(c1)C(=O)N(C1CCC(=O)CC1=O)C2=O. The summed E-state index contributed by atoms with van der Waals surface area (Å²) in [7, 11) is 1.47. The number of carbonyl (C=O) groups excluding carboxylic acids is 4. The van der Waals surface area contributed by atoms with Gasteiger partial charge in [0.2, 0.25) is 0 Å². The molecule has 2 amide bonds. The molecule has 6 heteroatoms. The fourth-order valence-corrected chi connectivity index (χ4v) is 2.78. The van der Waals surface area contributed by atoms with E-state index in [1.165, 1.54) is 19.2 Å². The Balaban J connectivity index is 1.96. The summed E-state index contributed by atoms with van der Waals surface area (Å²) in [5, 5.41) is 0. The minimum Gasteiger partial charge on any atom is -0.497 e. The molecule has 1 aliphatic heterocycles. The predicted octanol–water partition coefficient (Wildman–Crippen LogP) is 0.982. The zero-order valence-electron chi connectivity index (χ0n) is 11.4. The Labute approximate surface area is 120 Å². The first-order valence-corrected chi connectivity index (χ1v) is 6.63. The molecule has 1 saturated carbocycles. The quantitative estimate of drug-likeness (QED) is 0.598. The van der Waals surface area contributed by atoms with Crippen LogP contribution in [0, 0.1) is 0 Å². The third kappa shape index (κ3) is 2.03. The van der Waals surface area contributed by atoms with Crippen molar-refractivity contribution in [2.45, 2.75) is 25.3 Å². The Bertz CT molecular complexity index is 679. The van der Waals surface area contributed by atoms with Gasteiger partial charge in [-0.15, -0.1) is 0 Å². The molecule has 1 aromatic carbocycles. The predicted molar refractivity (Wildman–Crippen MR) is 71.1 cm³/mol. The highest BCUT2D eigenvalue weighted by Gasteiger charge is 2.44. The van der Waals surface area contributed by atoms with Crippen LogP contribution in [0.15, 0.2) is 18.2 Å². The van der Waals surface area contributed by atoms with Crippen LogP contribution in [-0.2, 0) is 9.59 Å². The number of Topliss-reactive ketones (excluding diaryl/α,β-unsaturated/α-hetero) is 2. The maximum atomic E-state index is 12.4. The van der Waals surface area contributed by atoms with Gasteiger partial charge < -0.3 is 4.74 Å². The van der Waals surface area contributed by atoms with Crippen molar-refractivity contribution in [3.63, 3.8) is 0 Å². The number of imide groups is 1. The highest BCUT2D eigenvalue weighted by atomic mass is 16.5. The average molecular weight is 287 g/mol. The lowest BCUT2D eigenvalue weighted by Gasteiger charge is -2.27. The Morgan fingerprint density at radius 1 is 1.10 bits per heavy atom. The fraction of sp³-hybridized carbons (Fsp3) is 0.333. The lowest BCUT2D eigenvalue weighted by Crippen LogP contribution is -2.47. The molecule has 21 heavy (non-hydrogen) atoms. The van der Waals surface area contributed by atoms with Crippen molar-refractivity contribution in [3.05, 3.63) is 29.3 Å². The molecule has 0 bridgehead atoms. The zero-order chi connectivity index (χ0) is 15.1. The van der Waals surface area contributed by atoms with Gasteiger partial charge in [0.1, 0.15) is 11.5 Å². The number of hydrogen-bond acceptors (Lipinski definition) is 5. The maximum Gasteiger partial charge on any atom is 0.262 e. The normalized spacial score (nSPS) is 21.8. The standard InChI is InChI=1S/C15H13NO5/c1-21-9-3-4-10-11(7-9)15(20)16(14(10)19)12-5-2-8(17)6-13(12)18/h3-4,7,12H,2,5-6H2,1H3. The van der Waals surface area contributed by atoms with Gasteiger partial charge in [-0.2, -0.15) is 0 Å². The van der Waals surface area contributed by atoms with Crippen molar-refractivity contribution in [3.8, 4) is 5.75 Å². The van der Waals surface area contributed by atoms with E-state index in [0.29, 0.717) is 5.75 Å². The van der Waals surface area contributed by atoms with Crippen LogP contribution < -0.4 is 4.74 Å². The van der Waals surface area contributed by atoms with E-state index in [1.807, 2.05) is 0 Å². The molecule has 2 aliphatic rings. The summed E-state index contributed by atoms with van der Waals surface area (Å²) >= 11 is 0. The van der Waals surface area contributed by atoms with Crippen LogP contribution in [0.25, 0.3) is 0 Å². The van der Waals surface area contributed by atoms with E-state index in [4.69, 9.17) is 4.74 Å². The smallest absolute Gasteiger partial charge is 0.262 e. The fourth-order valence-electron chi connectivity index (χ4n) is 2.78. The highest BCUT2D eigenvalue weighted by Crippen LogP contribution is 2.31. The topological polar surface area (TPSA) is 80.8 Å². The van der Waals surface area contributed by atoms with E-state index in [2.05, 4.69) is 0 Å². The molecule has 1 unspecified atom stereocenters. The summed E-state index contributed by atoms with van der Waals surface area (Å²) in [6.07, 6.45) is 0.217. The summed E-state index contributed by atoms with van der Waals surface area (Å²) in [6.45, 7) is 0. The molecular weight excluding hydrogens is 274 g/mol. The highest BCUT2D eigenvalue weighted by molar-refractivity contribution is 6.23. The summed E-state index contributed by atoms with van der Waals surface area (Å²) in [5.41, 5.74) is 0.509. The minimum atomic E-state index is -0.832. The number of nitrogens with zero attached hydrogens (tertiary/aromatic N) is 1. The number of hydrogen-bond donors (Lipinski definition) is 0. The molecule has 1 heterocycles. The van der Waals surface area contributed by atoms with Crippen molar-refractivity contribution in [2.75, 3.05) is 7.11 Å². The van der Waals surface area contributed by atoms with Gasteiger partial charge in [0.25, 0.3) is 11.8 Å². The Morgan fingerprint density at radius 3 is 2.48 bits per heavy atom. The molecule has 6 nitrogen and oxygen atoms in total. The molecule has 0 N–H and O–H groups in total. The van der Waals surface area contributed by atoms with Crippen LogP contribution in [0.1, 0.15) is 40.0 Å². The molecule has 0 aromatic heterocycles. The van der Waals surface area contributed by atoms with Gasteiger partial charge in [-0.3, -0.25) is 24.1 Å². The number of ether oxygens (including phenoxy) is 1. The van der Waals surface area contributed by atoms with Crippen LogP contribution in [0.5, 0.6) is 5.75 Å².